The maximum absolute atomic E-state index is 11.9. The van der Waals surface area contributed by atoms with Crippen molar-refractivity contribution in [3.05, 3.63) is 73.3 Å². The highest BCUT2D eigenvalue weighted by molar-refractivity contribution is 5.88. The number of hydrogen-bond acceptors (Lipinski definition) is 6. The van der Waals surface area contributed by atoms with Gasteiger partial charge in [0.15, 0.2) is 0 Å². The molecule has 0 aliphatic carbocycles. The first-order chi connectivity index (χ1) is 18.1. The summed E-state index contributed by atoms with van der Waals surface area (Å²) in [7, 11) is 0. The minimum absolute atomic E-state index is 0.0180. The van der Waals surface area contributed by atoms with Crippen LogP contribution < -0.4 is 4.90 Å². The number of piperazine rings is 1. The maximum atomic E-state index is 11.9. The van der Waals surface area contributed by atoms with Crippen LogP contribution in [-0.4, -0.2) is 69.6 Å². The number of rotatable bonds is 6. The van der Waals surface area contributed by atoms with Crippen molar-refractivity contribution in [2.45, 2.75) is 6.54 Å². The van der Waals surface area contributed by atoms with Crippen molar-refractivity contribution in [1.82, 2.24) is 24.3 Å². The second kappa shape index (κ2) is 9.56. The third-order valence-electron chi connectivity index (χ3n) is 7.16. The fraction of sp³-hybridized carbons (Fsp3) is 0.286. The molecule has 1 aromatic carbocycles. The molecule has 37 heavy (non-hydrogen) atoms. The molecule has 3 aromatic heterocycles. The molecule has 9 nitrogen and oxygen atoms in total. The molecule has 1 amide bonds. The maximum Gasteiger partial charge on any atom is 0.246 e. The van der Waals surface area contributed by atoms with Crippen LogP contribution in [0.4, 0.5) is 5.69 Å². The van der Waals surface area contributed by atoms with E-state index in [-0.39, 0.29) is 5.91 Å². The zero-order valence-corrected chi connectivity index (χ0v) is 20.5. The Balaban J connectivity index is 1.30. The number of carbonyl (C=O) groups is 1. The molecule has 0 atom stereocenters. The zero-order valence-electron chi connectivity index (χ0n) is 20.5. The van der Waals surface area contributed by atoms with Crippen LogP contribution in [0.3, 0.4) is 0 Å². The summed E-state index contributed by atoms with van der Waals surface area (Å²) in [5, 5.41) is 18.7. The Labute approximate surface area is 214 Å². The molecule has 6 rings (SSSR count). The molecule has 5 heterocycles. The summed E-state index contributed by atoms with van der Waals surface area (Å²) in [6.45, 7) is 8.90. The van der Waals surface area contributed by atoms with E-state index in [1.54, 1.807) is 10.7 Å². The van der Waals surface area contributed by atoms with Gasteiger partial charge in [0.25, 0.3) is 0 Å². The second-order valence-electron chi connectivity index (χ2n) is 9.52. The van der Waals surface area contributed by atoms with Crippen molar-refractivity contribution in [2.75, 3.05) is 44.3 Å². The first kappa shape index (κ1) is 23.0. The van der Waals surface area contributed by atoms with E-state index >= 15 is 0 Å². The first-order valence-electron chi connectivity index (χ1n) is 12.4. The summed E-state index contributed by atoms with van der Waals surface area (Å²) in [4.78, 5) is 16.0. The van der Waals surface area contributed by atoms with E-state index in [9.17, 15) is 10.1 Å². The normalized spacial score (nSPS) is 16.0. The zero-order chi connectivity index (χ0) is 25.4. The Morgan fingerprint density at radius 3 is 2.51 bits per heavy atom. The van der Waals surface area contributed by atoms with Crippen LogP contribution in [-0.2, 0) is 16.1 Å². The Kier molecular flexibility index (Phi) is 5.94. The number of carbonyl (C=O) groups excluding carboxylic acids is 1. The van der Waals surface area contributed by atoms with Gasteiger partial charge in [0.05, 0.1) is 36.7 Å². The summed E-state index contributed by atoms with van der Waals surface area (Å²) in [5.41, 5.74) is 6.37. The summed E-state index contributed by atoms with van der Waals surface area (Å²) in [6, 6.07) is 12.8. The van der Waals surface area contributed by atoms with E-state index < -0.39 is 0 Å². The topological polar surface area (TPSA) is 91.7 Å². The van der Waals surface area contributed by atoms with Crippen LogP contribution in [0.15, 0.2) is 67.8 Å². The van der Waals surface area contributed by atoms with Crippen LogP contribution in [0.25, 0.3) is 27.8 Å². The number of hydrogen-bond donors (Lipinski definition) is 0. The van der Waals surface area contributed by atoms with Crippen molar-refractivity contribution in [3.8, 4) is 28.3 Å². The lowest BCUT2D eigenvalue weighted by atomic mass is 9.99. The highest BCUT2D eigenvalue weighted by Crippen LogP contribution is 2.33. The lowest BCUT2D eigenvalue weighted by Crippen LogP contribution is -2.48. The molecule has 2 fully saturated rings. The van der Waals surface area contributed by atoms with Gasteiger partial charge in [-0.25, -0.2) is 4.52 Å². The molecular formula is C28H27N7O2. The average molecular weight is 494 g/mol. The predicted molar refractivity (Wildman–Crippen MR) is 140 cm³/mol. The fourth-order valence-corrected chi connectivity index (χ4v) is 5.01. The standard InChI is InChI=1S/C28H27N7O2/c1-2-27(36)33-9-7-32(8-10-33)25-5-3-21(4-6-25)26-11-22(17-35-28(26)23(12-29)13-31-35)24-14-30-34(16-24)15-20-18-37-19-20/h2-6,11,13-14,16-17,20H,1,7-10,15,18-19H2. The number of fused-ring (bicyclic) bond motifs is 1. The van der Waals surface area contributed by atoms with Gasteiger partial charge in [0, 0.05) is 73.4 Å². The van der Waals surface area contributed by atoms with Crippen molar-refractivity contribution in [3.63, 3.8) is 0 Å². The lowest BCUT2D eigenvalue weighted by molar-refractivity contribution is -0.126. The lowest BCUT2D eigenvalue weighted by Gasteiger charge is -2.35. The van der Waals surface area contributed by atoms with Gasteiger partial charge in [-0.05, 0) is 29.8 Å². The Bertz CT molecular complexity index is 1500. The largest absolute Gasteiger partial charge is 0.381 e. The van der Waals surface area contributed by atoms with Crippen LogP contribution in [0.5, 0.6) is 0 Å². The Morgan fingerprint density at radius 1 is 1.05 bits per heavy atom. The molecule has 2 aliphatic rings. The molecule has 0 radical (unpaired) electrons. The molecule has 0 saturated carbocycles. The van der Waals surface area contributed by atoms with Gasteiger partial charge in [-0.15, -0.1) is 0 Å². The fourth-order valence-electron chi connectivity index (χ4n) is 5.01. The molecule has 2 aliphatic heterocycles. The molecule has 2 saturated heterocycles. The highest BCUT2D eigenvalue weighted by atomic mass is 16.5. The van der Waals surface area contributed by atoms with E-state index in [0.29, 0.717) is 24.6 Å². The van der Waals surface area contributed by atoms with E-state index in [2.05, 4.69) is 64.3 Å². The number of nitrogens with zero attached hydrogens (tertiary/aromatic N) is 7. The molecule has 0 bridgehead atoms. The molecule has 0 N–H and O–H groups in total. The number of amides is 1. The summed E-state index contributed by atoms with van der Waals surface area (Å²) in [5.74, 6) is 0.495. The third-order valence-corrected chi connectivity index (χ3v) is 7.16. The van der Waals surface area contributed by atoms with Gasteiger partial charge in [-0.1, -0.05) is 18.7 Å². The van der Waals surface area contributed by atoms with E-state index in [1.165, 1.54) is 6.08 Å². The van der Waals surface area contributed by atoms with Crippen LogP contribution in [0.1, 0.15) is 5.56 Å². The van der Waals surface area contributed by atoms with E-state index in [1.807, 2.05) is 22.0 Å². The van der Waals surface area contributed by atoms with Crippen LogP contribution in [0, 0.1) is 17.2 Å². The number of pyridine rings is 1. The summed E-state index contributed by atoms with van der Waals surface area (Å²) >= 11 is 0. The molecule has 9 heteroatoms. The van der Waals surface area contributed by atoms with Gasteiger partial charge in [-0.2, -0.15) is 15.5 Å². The minimum atomic E-state index is -0.0180. The third kappa shape index (κ3) is 4.36. The Hall–Kier alpha value is -4.42. The monoisotopic (exact) mass is 493 g/mol. The van der Waals surface area contributed by atoms with Crippen molar-refractivity contribution >= 4 is 17.1 Å². The van der Waals surface area contributed by atoms with Crippen molar-refractivity contribution in [2.24, 2.45) is 5.92 Å². The van der Waals surface area contributed by atoms with E-state index in [4.69, 9.17) is 4.74 Å². The van der Waals surface area contributed by atoms with Gasteiger partial charge in [-0.3, -0.25) is 9.48 Å². The quantitative estimate of drug-likeness (QED) is 0.383. The van der Waals surface area contributed by atoms with Gasteiger partial charge in [0.1, 0.15) is 6.07 Å². The molecule has 186 valence electrons. The summed E-state index contributed by atoms with van der Waals surface area (Å²) < 4.78 is 9.04. The van der Waals surface area contributed by atoms with Crippen molar-refractivity contribution in [1.29, 1.82) is 5.26 Å². The van der Waals surface area contributed by atoms with Gasteiger partial charge < -0.3 is 14.5 Å². The number of nitriles is 1. The molecule has 0 spiro atoms. The highest BCUT2D eigenvalue weighted by Gasteiger charge is 2.21. The number of anilines is 1. The number of aromatic nitrogens is 4. The van der Waals surface area contributed by atoms with Crippen molar-refractivity contribution < 1.29 is 9.53 Å². The first-order valence-corrected chi connectivity index (χ1v) is 12.4. The SMILES string of the molecule is C=CC(=O)N1CCN(c2ccc(-c3cc(-c4cnn(CC5COC5)c4)cn4ncc(C#N)c34)cc2)CC1. The van der Waals surface area contributed by atoms with Crippen LogP contribution in [0.2, 0.25) is 0 Å². The smallest absolute Gasteiger partial charge is 0.246 e. The number of benzene rings is 1. The molecule has 4 aromatic rings. The van der Waals surface area contributed by atoms with E-state index in [0.717, 1.165) is 66.3 Å². The summed E-state index contributed by atoms with van der Waals surface area (Å²) in [6.07, 6.45) is 8.86. The average Bonchev–Trinajstić information content (AvgIpc) is 3.57. The number of ether oxygens (including phenoxy) is 1. The minimum Gasteiger partial charge on any atom is -0.381 e. The predicted octanol–water partition coefficient (Wildman–Crippen LogP) is 3.22. The molecular weight excluding hydrogens is 466 g/mol. The van der Waals surface area contributed by atoms with Gasteiger partial charge in [0.2, 0.25) is 5.91 Å². The Morgan fingerprint density at radius 2 is 1.84 bits per heavy atom. The van der Waals surface area contributed by atoms with Gasteiger partial charge >= 0.3 is 0 Å². The second-order valence-corrected chi connectivity index (χ2v) is 9.52. The molecule has 0 unspecified atom stereocenters. The van der Waals surface area contributed by atoms with Crippen LogP contribution >= 0.6 is 0 Å².